The standard InChI is InChI=1S/C17H34N4O4S/c1-3-5-11-25-12-6-9-19-17(18-4-2)20-10-7-16(22)21-15-8-13-26(23,24)14-15/h15H,3-14H2,1-2H3,(H,21,22)(H2,18,19,20). The molecule has 1 rings (SSSR count). The van der Waals surface area contributed by atoms with E-state index < -0.39 is 9.84 Å². The number of nitrogens with one attached hydrogen (secondary N) is 3. The van der Waals surface area contributed by atoms with Gasteiger partial charge in [-0.3, -0.25) is 9.79 Å². The van der Waals surface area contributed by atoms with Crippen LogP contribution in [0.25, 0.3) is 0 Å². The van der Waals surface area contributed by atoms with Gasteiger partial charge in [0.2, 0.25) is 5.91 Å². The SMILES string of the molecule is CCCCOCCCN=C(NCC)NCCC(=O)NC1CCS(=O)(=O)C1. The molecule has 0 aliphatic carbocycles. The first-order valence-corrected chi connectivity index (χ1v) is 11.4. The van der Waals surface area contributed by atoms with Crippen molar-refractivity contribution >= 4 is 21.7 Å². The van der Waals surface area contributed by atoms with Gasteiger partial charge in [-0.2, -0.15) is 0 Å². The Morgan fingerprint density at radius 2 is 1.96 bits per heavy atom. The van der Waals surface area contributed by atoms with Crippen molar-refractivity contribution in [1.82, 2.24) is 16.0 Å². The van der Waals surface area contributed by atoms with Gasteiger partial charge in [0.1, 0.15) is 0 Å². The summed E-state index contributed by atoms with van der Waals surface area (Å²) in [6.07, 6.45) is 3.86. The van der Waals surface area contributed by atoms with Crippen molar-refractivity contribution in [2.45, 2.75) is 52.0 Å². The summed E-state index contributed by atoms with van der Waals surface area (Å²) in [5, 5.41) is 9.04. The Morgan fingerprint density at radius 1 is 1.19 bits per heavy atom. The highest BCUT2D eigenvalue weighted by molar-refractivity contribution is 7.91. The molecule has 1 saturated heterocycles. The second-order valence-electron chi connectivity index (χ2n) is 6.42. The molecule has 0 aromatic heterocycles. The molecule has 1 aliphatic rings. The summed E-state index contributed by atoms with van der Waals surface area (Å²) in [6, 6.07) is -0.248. The number of hydrogen-bond donors (Lipinski definition) is 3. The first-order chi connectivity index (χ1) is 12.5. The number of sulfone groups is 1. The molecule has 0 saturated carbocycles. The number of hydrogen-bond acceptors (Lipinski definition) is 5. The lowest BCUT2D eigenvalue weighted by Gasteiger charge is -2.13. The van der Waals surface area contributed by atoms with Crippen molar-refractivity contribution in [2.24, 2.45) is 4.99 Å². The number of guanidine groups is 1. The maximum absolute atomic E-state index is 11.9. The van der Waals surface area contributed by atoms with E-state index in [1.807, 2.05) is 6.92 Å². The van der Waals surface area contributed by atoms with Gasteiger partial charge >= 0.3 is 0 Å². The van der Waals surface area contributed by atoms with E-state index in [0.29, 0.717) is 32.1 Å². The van der Waals surface area contributed by atoms with Crippen molar-refractivity contribution in [3.05, 3.63) is 0 Å². The molecule has 1 fully saturated rings. The highest BCUT2D eigenvalue weighted by Gasteiger charge is 2.28. The van der Waals surface area contributed by atoms with Crippen LogP contribution in [0.1, 0.15) is 46.0 Å². The van der Waals surface area contributed by atoms with Gasteiger partial charge in [-0.05, 0) is 26.2 Å². The molecule has 1 aliphatic heterocycles. The lowest BCUT2D eigenvalue weighted by molar-refractivity contribution is -0.121. The zero-order valence-corrected chi connectivity index (χ0v) is 16.9. The quantitative estimate of drug-likeness (QED) is 0.253. The molecule has 8 nitrogen and oxygen atoms in total. The van der Waals surface area contributed by atoms with Gasteiger partial charge in [0.05, 0.1) is 11.5 Å². The van der Waals surface area contributed by atoms with Gasteiger partial charge in [-0.15, -0.1) is 0 Å². The van der Waals surface area contributed by atoms with Crippen LogP contribution in [0.2, 0.25) is 0 Å². The fourth-order valence-electron chi connectivity index (χ4n) is 2.55. The first-order valence-electron chi connectivity index (χ1n) is 9.56. The molecular weight excluding hydrogens is 356 g/mol. The van der Waals surface area contributed by atoms with E-state index in [-0.39, 0.29) is 29.9 Å². The third-order valence-electron chi connectivity index (χ3n) is 3.95. The molecule has 1 unspecified atom stereocenters. The molecule has 0 radical (unpaired) electrons. The number of nitrogens with zero attached hydrogens (tertiary/aromatic N) is 1. The van der Waals surface area contributed by atoms with E-state index in [4.69, 9.17) is 4.74 Å². The number of aliphatic imine (C=N–C) groups is 1. The van der Waals surface area contributed by atoms with Gasteiger partial charge in [0.25, 0.3) is 0 Å². The second kappa shape index (κ2) is 12.9. The predicted octanol–water partition coefficient (Wildman–Crippen LogP) is 0.442. The average molecular weight is 391 g/mol. The Balaban J connectivity index is 2.19. The molecule has 26 heavy (non-hydrogen) atoms. The molecule has 1 amide bonds. The van der Waals surface area contributed by atoms with E-state index in [1.165, 1.54) is 0 Å². The Labute approximate surface area is 157 Å². The fraction of sp³-hybridized carbons (Fsp3) is 0.882. The number of amides is 1. The summed E-state index contributed by atoms with van der Waals surface area (Å²) in [5.74, 6) is 0.753. The van der Waals surface area contributed by atoms with Gasteiger partial charge in [0.15, 0.2) is 15.8 Å². The summed E-state index contributed by atoms with van der Waals surface area (Å²) in [6.45, 7) is 7.48. The van der Waals surface area contributed by atoms with Crippen molar-refractivity contribution < 1.29 is 17.9 Å². The van der Waals surface area contributed by atoms with Crippen LogP contribution in [-0.4, -0.2) is 70.7 Å². The molecule has 0 spiro atoms. The van der Waals surface area contributed by atoms with Crippen LogP contribution in [0.3, 0.4) is 0 Å². The largest absolute Gasteiger partial charge is 0.381 e. The Morgan fingerprint density at radius 3 is 2.62 bits per heavy atom. The van der Waals surface area contributed by atoms with Crippen LogP contribution in [-0.2, 0) is 19.4 Å². The Hall–Kier alpha value is -1.35. The van der Waals surface area contributed by atoms with Gasteiger partial charge in [-0.1, -0.05) is 13.3 Å². The zero-order valence-electron chi connectivity index (χ0n) is 16.1. The second-order valence-corrected chi connectivity index (χ2v) is 8.65. The molecular formula is C17H34N4O4S. The number of rotatable bonds is 12. The maximum atomic E-state index is 11.9. The molecule has 1 atom stereocenters. The van der Waals surface area contributed by atoms with Crippen LogP contribution < -0.4 is 16.0 Å². The molecule has 152 valence electrons. The molecule has 0 bridgehead atoms. The van der Waals surface area contributed by atoms with Crippen LogP contribution in [0.5, 0.6) is 0 Å². The topological polar surface area (TPSA) is 109 Å². The van der Waals surface area contributed by atoms with Crippen LogP contribution in [0, 0.1) is 0 Å². The van der Waals surface area contributed by atoms with E-state index in [1.54, 1.807) is 0 Å². The van der Waals surface area contributed by atoms with Gasteiger partial charge in [-0.25, -0.2) is 8.42 Å². The number of carbonyl (C=O) groups excluding carboxylic acids is 1. The average Bonchev–Trinajstić information content (AvgIpc) is 2.92. The molecule has 1 heterocycles. The Bertz CT molecular complexity index is 537. The van der Waals surface area contributed by atoms with E-state index in [0.717, 1.165) is 32.4 Å². The van der Waals surface area contributed by atoms with E-state index >= 15 is 0 Å². The van der Waals surface area contributed by atoms with Crippen molar-refractivity contribution in [3.8, 4) is 0 Å². The van der Waals surface area contributed by atoms with Crippen molar-refractivity contribution in [2.75, 3.05) is 44.4 Å². The fourth-order valence-corrected chi connectivity index (χ4v) is 4.22. The third kappa shape index (κ3) is 10.6. The van der Waals surface area contributed by atoms with Crippen LogP contribution in [0.4, 0.5) is 0 Å². The normalized spacial score (nSPS) is 19.3. The van der Waals surface area contributed by atoms with Crippen molar-refractivity contribution in [1.29, 1.82) is 0 Å². The molecule has 3 N–H and O–H groups in total. The highest BCUT2D eigenvalue weighted by Crippen LogP contribution is 2.11. The number of carbonyl (C=O) groups is 1. The van der Waals surface area contributed by atoms with E-state index in [2.05, 4.69) is 27.9 Å². The summed E-state index contributed by atoms with van der Waals surface area (Å²) < 4.78 is 28.3. The molecule has 9 heteroatoms. The number of unbranched alkanes of at least 4 members (excludes halogenated alkanes) is 1. The summed E-state index contributed by atoms with van der Waals surface area (Å²) in [5.41, 5.74) is 0. The zero-order chi connectivity index (χ0) is 19.3. The Kier molecular flexibility index (Phi) is 11.3. The van der Waals surface area contributed by atoms with E-state index in [9.17, 15) is 13.2 Å². The van der Waals surface area contributed by atoms with Crippen LogP contribution in [0.15, 0.2) is 4.99 Å². The lowest BCUT2D eigenvalue weighted by atomic mass is 10.2. The van der Waals surface area contributed by atoms with Crippen LogP contribution >= 0.6 is 0 Å². The molecule has 0 aromatic rings. The molecule has 0 aromatic carbocycles. The van der Waals surface area contributed by atoms with Crippen molar-refractivity contribution in [3.63, 3.8) is 0 Å². The summed E-state index contributed by atoms with van der Waals surface area (Å²) >= 11 is 0. The monoisotopic (exact) mass is 390 g/mol. The predicted molar refractivity (Wildman–Crippen MR) is 104 cm³/mol. The minimum atomic E-state index is -2.97. The van der Waals surface area contributed by atoms with Gasteiger partial charge < -0.3 is 20.7 Å². The minimum Gasteiger partial charge on any atom is -0.381 e. The number of ether oxygens (including phenoxy) is 1. The highest BCUT2D eigenvalue weighted by atomic mass is 32.2. The third-order valence-corrected chi connectivity index (χ3v) is 5.71. The van der Waals surface area contributed by atoms with Gasteiger partial charge in [0, 0.05) is 45.3 Å². The first kappa shape index (κ1) is 22.7. The summed E-state index contributed by atoms with van der Waals surface area (Å²) in [7, 11) is -2.97. The smallest absolute Gasteiger partial charge is 0.222 e. The minimum absolute atomic E-state index is 0.0522. The summed E-state index contributed by atoms with van der Waals surface area (Å²) in [4.78, 5) is 16.4. The lowest BCUT2D eigenvalue weighted by Crippen LogP contribution is -2.41. The maximum Gasteiger partial charge on any atom is 0.222 e.